The Kier molecular flexibility index (Phi) is 28.8. The molecule has 14 heteroatoms. The van der Waals surface area contributed by atoms with Crippen LogP contribution in [0.25, 0.3) is 44.6 Å². The maximum Gasteiger partial charge on any atom is 0.333 e. The van der Waals surface area contributed by atoms with Crippen LogP contribution >= 0.6 is 11.6 Å². The van der Waals surface area contributed by atoms with Gasteiger partial charge < -0.3 is 52.0 Å². The number of aliphatic hydroxyl groups excluding tert-OH is 1. The second kappa shape index (κ2) is 35.0. The third-order valence-electron chi connectivity index (χ3n) is 14.5. The highest BCUT2D eigenvalue weighted by atomic mass is 35.5. The second-order valence-corrected chi connectivity index (χ2v) is 22.9. The highest BCUT2D eigenvalue weighted by Gasteiger charge is 2.42. The number of hydrogen-bond acceptors (Lipinski definition) is 13. The second-order valence-electron chi connectivity index (χ2n) is 22.6. The number of aliphatic hydroxyl groups is 1. The van der Waals surface area contributed by atoms with Gasteiger partial charge in [-0.25, -0.2) is 4.79 Å². The van der Waals surface area contributed by atoms with Crippen LogP contribution in [-0.4, -0.2) is 103 Å². The van der Waals surface area contributed by atoms with E-state index in [1.165, 1.54) is 69.3 Å². The van der Waals surface area contributed by atoms with E-state index < -0.39 is 16.8 Å². The van der Waals surface area contributed by atoms with Crippen molar-refractivity contribution >= 4 is 44.8 Å². The van der Waals surface area contributed by atoms with Crippen LogP contribution < -0.4 is 9.47 Å². The summed E-state index contributed by atoms with van der Waals surface area (Å²) in [7, 11) is 0. The molecule has 0 saturated carbocycles. The van der Waals surface area contributed by atoms with Gasteiger partial charge >= 0.3 is 5.97 Å². The van der Waals surface area contributed by atoms with E-state index in [1.807, 2.05) is 64.1 Å². The molecule has 2 aliphatic heterocycles. The van der Waals surface area contributed by atoms with Gasteiger partial charge in [-0.15, -0.1) is 0 Å². The quantitative estimate of drug-likeness (QED) is 0.0215. The molecule has 4 unspecified atom stereocenters. The molecule has 8 rings (SSSR count). The average molecular weight is 1180 g/mol. The first-order valence-corrected chi connectivity index (χ1v) is 30.8. The van der Waals surface area contributed by atoms with Crippen molar-refractivity contribution in [1.82, 2.24) is 4.90 Å². The first-order chi connectivity index (χ1) is 40.2. The molecule has 460 valence electrons. The van der Waals surface area contributed by atoms with E-state index in [4.69, 9.17) is 58.7 Å². The zero-order chi connectivity index (χ0) is 61.2. The predicted molar refractivity (Wildman–Crippen MR) is 339 cm³/mol. The smallest absolute Gasteiger partial charge is 0.333 e. The molecule has 84 heavy (non-hydrogen) atoms. The molecule has 2 aromatic heterocycles. The molecule has 4 aromatic carbocycles. The Morgan fingerprint density at radius 1 is 0.560 bits per heavy atom. The predicted octanol–water partition coefficient (Wildman–Crippen LogP) is 16.8. The van der Waals surface area contributed by atoms with Gasteiger partial charge in [0.1, 0.15) is 59.6 Å². The molecule has 2 aliphatic rings. The molecular formula is C70H96ClNO12. The lowest BCUT2D eigenvalue weighted by atomic mass is 10.0. The number of rotatable bonds is 28. The largest absolute Gasteiger partial charge is 0.491 e. The number of benzene rings is 4. The van der Waals surface area contributed by atoms with Crippen molar-refractivity contribution in [2.75, 3.05) is 46.1 Å². The van der Waals surface area contributed by atoms with E-state index in [0.717, 1.165) is 69.6 Å². The van der Waals surface area contributed by atoms with Crippen LogP contribution in [0.3, 0.4) is 0 Å². The minimum Gasteiger partial charge on any atom is -0.491 e. The van der Waals surface area contributed by atoms with Gasteiger partial charge in [0.2, 0.25) is 5.24 Å². The standard InChI is InChI=1S/C32H40O6.C28H36O5.C6H15N.C4H5ClO/c1-6-7-8-10-23-12-14-24(15-13-23)28-19-25-16-17-26(20-29(25)36-28)35-21-30-27(37-32(4,5)38-30)11-9-18-34-31(33)22(2)3;1-4-5-6-8-20-10-12-21(13-11-20)25-17-22-14-15-23(18-26(22)31-25)30-19-27-24(9-7-16-29)32-28(2,3)33-27;1-4-7(5-2)6-3;1-3(2)4(5)6/h12-17,19-20,27,30H,2,6-11,18,21H2,1,3-5H3;10-15,17-18,24,27,29H,4-9,16,19H2,1-3H3;4-6H2,1-3H3;1H2,2H3. The van der Waals surface area contributed by atoms with Crippen LogP contribution in [0.15, 0.2) is 130 Å². The number of nitrogens with zero attached hydrogens (tertiary/aromatic N) is 1. The van der Waals surface area contributed by atoms with Crippen molar-refractivity contribution in [3.05, 3.63) is 132 Å². The van der Waals surface area contributed by atoms with Gasteiger partial charge in [-0.3, -0.25) is 4.79 Å². The number of allylic oxidation sites excluding steroid dienone is 1. The molecule has 2 saturated heterocycles. The van der Waals surface area contributed by atoms with Gasteiger partial charge in [0, 0.05) is 51.8 Å². The lowest BCUT2D eigenvalue weighted by Crippen LogP contribution is -2.29. The number of halogens is 1. The van der Waals surface area contributed by atoms with Crippen LogP contribution in [0.4, 0.5) is 0 Å². The fourth-order valence-electron chi connectivity index (χ4n) is 9.80. The first-order valence-electron chi connectivity index (χ1n) is 30.4. The summed E-state index contributed by atoms with van der Waals surface area (Å²) in [4.78, 5) is 23.8. The Morgan fingerprint density at radius 2 is 0.964 bits per heavy atom. The van der Waals surface area contributed by atoms with Crippen molar-refractivity contribution in [1.29, 1.82) is 0 Å². The molecule has 4 atom stereocenters. The van der Waals surface area contributed by atoms with Gasteiger partial charge in [-0.05, 0) is 172 Å². The molecule has 0 spiro atoms. The van der Waals surface area contributed by atoms with E-state index in [0.29, 0.717) is 56.0 Å². The third kappa shape index (κ3) is 22.9. The molecule has 0 radical (unpaired) electrons. The van der Waals surface area contributed by atoms with Gasteiger partial charge in [-0.1, -0.05) is 122 Å². The lowest BCUT2D eigenvalue weighted by Gasteiger charge is -2.17. The zero-order valence-corrected chi connectivity index (χ0v) is 52.9. The molecule has 13 nitrogen and oxygen atoms in total. The highest BCUT2D eigenvalue weighted by molar-refractivity contribution is 6.67. The number of fused-ring (bicyclic) bond motifs is 2. The molecule has 1 N–H and O–H groups in total. The summed E-state index contributed by atoms with van der Waals surface area (Å²) in [5.41, 5.74) is 7.25. The van der Waals surface area contributed by atoms with Crippen molar-refractivity contribution < 1.29 is 56.7 Å². The molecule has 6 aromatic rings. The van der Waals surface area contributed by atoms with Crippen LogP contribution in [0.1, 0.15) is 151 Å². The van der Waals surface area contributed by atoms with Gasteiger partial charge in [-0.2, -0.15) is 0 Å². The third-order valence-corrected chi connectivity index (χ3v) is 14.9. The SMILES string of the molecule is C=C(C)C(=O)Cl.C=C(C)C(=O)OCCCC1OC(C)(C)OC1COc1ccc2cc(-c3ccc(CCCCC)cc3)oc2c1.CCCCCc1ccc(-c2cc3ccc(OCC4OC(C)(C)OC4CCCO)cc3o2)cc1.CCN(CC)CC. The van der Waals surface area contributed by atoms with Gasteiger partial charge in [0.05, 0.1) is 18.8 Å². The van der Waals surface area contributed by atoms with Gasteiger partial charge in [0.15, 0.2) is 11.6 Å². The topological polar surface area (TPSA) is 149 Å². The van der Waals surface area contributed by atoms with Crippen LogP contribution in [0, 0.1) is 0 Å². The molecule has 0 bridgehead atoms. The van der Waals surface area contributed by atoms with Crippen LogP contribution in [0.2, 0.25) is 0 Å². The molecule has 4 heterocycles. The zero-order valence-electron chi connectivity index (χ0n) is 52.2. The average Bonchev–Trinajstić information content (AvgIpc) is 4.43. The molecule has 0 aliphatic carbocycles. The van der Waals surface area contributed by atoms with E-state index in [1.54, 1.807) is 13.8 Å². The summed E-state index contributed by atoms with van der Waals surface area (Å²) < 4.78 is 53.9. The lowest BCUT2D eigenvalue weighted by molar-refractivity contribution is -0.149. The van der Waals surface area contributed by atoms with Crippen molar-refractivity contribution in [3.63, 3.8) is 0 Å². The maximum absolute atomic E-state index is 11.6. The Morgan fingerprint density at radius 3 is 1.32 bits per heavy atom. The van der Waals surface area contributed by atoms with Crippen LogP contribution in [0.5, 0.6) is 11.5 Å². The number of furan rings is 2. The van der Waals surface area contributed by atoms with Crippen molar-refractivity contribution in [3.8, 4) is 34.1 Å². The van der Waals surface area contributed by atoms with E-state index >= 15 is 0 Å². The fourth-order valence-corrected chi connectivity index (χ4v) is 9.80. The number of hydrogen-bond donors (Lipinski definition) is 1. The van der Waals surface area contributed by atoms with Crippen molar-refractivity contribution in [2.45, 2.75) is 189 Å². The van der Waals surface area contributed by atoms with E-state index in [9.17, 15) is 9.59 Å². The Bertz CT molecular complexity index is 2920. The number of aryl methyl sites for hydroxylation is 2. The van der Waals surface area contributed by atoms with E-state index in [-0.39, 0.29) is 37.0 Å². The van der Waals surface area contributed by atoms with Crippen molar-refractivity contribution in [2.24, 2.45) is 0 Å². The first kappa shape index (κ1) is 69.0. The summed E-state index contributed by atoms with van der Waals surface area (Å²) >= 11 is 4.87. The van der Waals surface area contributed by atoms with Crippen LogP contribution in [-0.2, 0) is 46.1 Å². The molecule has 0 amide bonds. The number of carbonyl (C=O) groups excluding carboxylic acids is 2. The Balaban J connectivity index is 0.000000255. The number of unbranched alkanes of at least 4 members (excludes halogenated alkanes) is 4. The normalized spacial score (nSPS) is 17.6. The van der Waals surface area contributed by atoms with E-state index in [2.05, 4.69) is 113 Å². The minimum atomic E-state index is -0.696. The monoisotopic (exact) mass is 1180 g/mol. The number of esters is 1. The Labute approximate surface area is 505 Å². The number of carbonyl (C=O) groups is 2. The minimum absolute atomic E-state index is 0.0870. The number of ether oxygens (including phenoxy) is 7. The molecule has 2 fully saturated rings. The molecular weight excluding hydrogens is 1080 g/mol. The summed E-state index contributed by atoms with van der Waals surface area (Å²) in [5, 5.41) is 10.8. The summed E-state index contributed by atoms with van der Waals surface area (Å²) in [6.07, 6.45) is 11.9. The summed E-state index contributed by atoms with van der Waals surface area (Å²) in [6, 6.07) is 33.3. The summed E-state index contributed by atoms with van der Waals surface area (Å²) in [6.45, 7) is 33.5. The maximum atomic E-state index is 11.6. The highest BCUT2D eigenvalue weighted by Crippen LogP contribution is 2.36. The fraction of sp³-hybridized carbons (Fsp3) is 0.514. The summed E-state index contributed by atoms with van der Waals surface area (Å²) in [5.74, 6) is 1.46. The Hall–Kier alpha value is -5.77. The van der Waals surface area contributed by atoms with Gasteiger partial charge in [0.25, 0.3) is 0 Å².